The lowest BCUT2D eigenvalue weighted by atomic mass is 10.2. The van der Waals surface area contributed by atoms with Crippen LogP contribution in [0.2, 0.25) is 0 Å². The molecule has 9 nitrogen and oxygen atoms in total. The molecule has 1 amide bonds. The predicted octanol–water partition coefficient (Wildman–Crippen LogP) is 1.57. The van der Waals surface area contributed by atoms with E-state index in [2.05, 4.69) is 16.6 Å². The number of nitrogens with one attached hydrogen (secondary N) is 2. The van der Waals surface area contributed by atoms with Crippen molar-refractivity contribution in [2.45, 2.75) is 10.6 Å². The van der Waals surface area contributed by atoms with Crippen molar-refractivity contribution in [3.63, 3.8) is 0 Å². The Morgan fingerprint density at radius 3 is 2.34 bits per heavy atom. The SMILES string of the molecule is C=CCNS(=O)(=O)Cc1ccc(NC(=O)c2ccccc2S(=O)(=O)N2CCOCC2)cc1. The number of hydrogen-bond donors (Lipinski definition) is 2. The second-order valence-corrected chi connectivity index (χ2v) is 10.8. The maximum absolute atomic E-state index is 13.0. The standard InChI is InChI=1S/C21H25N3O6S2/c1-2-11-22-31(26,27)16-17-7-9-18(10-8-17)23-21(25)19-5-3-4-6-20(19)32(28,29)24-12-14-30-15-13-24/h2-10,22H,1,11-16H2,(H,23,25). The van der Waals surface area contributed by atoms with Gasteiger partial charge in [0.05, 0.1) is 29.4 Å². The molecule has 0 spiro atoms. The van der Waals surface area contributed by atoms with Crippen LogP contribution in [-0.2, 0) is 30.5 Å². The Hall–Kier alpha value is -2.57. The van der Waals surface area contributed by atoms with Crippen molar-refractivity contribution in [1.82, 2.24) is 9.03 Å². The number of amides is 1. The van der Waals surface area contributed by atoms with Gasteiger partial charge in [-0.2, -0.15) is 4.31 Å². The first-order chi connectivity index (χ1) is 15.2. The van der Waals surface area contributed by atoms with Gasteiger partial charge in [0.1, 0.15) is 0 Å². The molecule has 0 atom stereocenters. The lowest BCUT2D eigenvalue weighted by molar-refractivity contribution is 0.0730. The molecule has 2 N–H and O–H groups in total. The summed E-state index contributed by atoms with van der Waals surface area (Å²) < 4.78 is 58.9. The first-order valence-corrected chi connectivity index (χ1v) is 13.0. The smallest absolute Gasteiger partial charge is 0.257 e. The highest BCUT2D eigenvalue weighted by atomic mass is 32.2. The van der Waals surface area contributed by atoms with Gasteiger partial charge >= 0.3 is 0 Å². The first kappa shape index (κ1) is 24.1. The molecule has 11 heteroatoms. The van der Waals surface area contributed by atoms with Crippen LogP contribution in [0.1, 0.15) is 15.9 Å². The average Bonchev–Trinajstić information content (AvgIpc) is 2.79. The van der Waals surface area contributed by atoms with E-state index in [1.807, 2.05) is 0 Å². The molecule has 0 aliphatic carbocycles. The van der Waals surface area contributed by atoms with Gasteiger partial charge in [-0.25, -0.2) is 21.6 Å². The summed E-state index contributed by atoms with van der Waals surface area (Å²) in [5, 5.41) is 2.67. The van der Waals surface area contributed by atoms with Gasteiger partial charge in [0.15, 0.2) is 0 Å². The van der Waals surface area contributed by atoms with E-state index in [-0.39, 0.29) is 35.8 Å². The van der Waals surface area contributed by atoms with Crippen molar-refractivity contribution >= 4 is 31.6 Å². The van der Waals surface area contributed by atoms with E-state index in [1.165, 1.54) is 22.5 Å². The van der Waals surface area contributed by atoms with E-state index >= 15 is 0 Å². The highest BCUT2D eigenvalue weighted by Gasteiger charge is 2.30. The second kappa shape index (κ2) is 10.4. The van der Waals surface area contributed by atoms with Crippen molar-refractivity contribution in [2.24, 2.45) is 0 Å². The minimum Gasteiger partial charge on any atom is -0.379 e. The number of nitrogens with zero attached hydrogens (tertiary/aromatic N) is 1. The summed E-state index contributed by atoms with van der Waals surface area (Å²) in [6, 6.07) is 12.3. The Morgan fingerprint density at radius 1 is 1.03 bits per heavy atom. The van der Waals surface area contributed by atoms with Gasteiger partial charge in [-0.1, -0.05) is 30.3 Å². The third kappa shape index (κ3) is 6.02. The lowest BCUT2D eigenvalue weighted by Gasteiger charge is -2.26. The molecular formula is C21H25N3O6S2. The van der Waals surface area contributed by atoms with Gasteiger partial charge in [-0.3, -0.25) is 4.79 Å². The Labute approximate surface area is 188 Å². The number of carbonyl (C=O) groups excluding carboxylic acids is 1. The van der Waals surface area contributed by atoms with Crippen molar-refractivity contribution < 1.29 is 26.4 Å². The molecular weight excluding hydrogens is 454 g/mol. The van der Waals surface area contributed by atoms with Crippen molar-refractivity contribution in [2.75, 3.05) is 38.2 Å². The van der Waals surface area contributed by atoms with E-state index < -0.39 is 26.0 Å². The number of carbonyl (C=O) groups is 1. The normalized spacial score (nSPS) is 15.2. The highest BCUT2D eigenvalue weighted by molar-refractivity contribution is 7.89. The minimum absolute atomic E-state index is 0.0271. The largest absolute Gasteiger partial charge is 0.379 e. The van der Waals surface area contributed by atoms with E-state index in [0.717, 1.165) is 0 Å². The first-order valence-electron chi connectivity index (χ1n) is 9.88. The maximum Gasteiger partial charge on any atom is 0.257 e. The molecule has 172 valence electrons. The van der Waals surface area contributed by atoms with E-state index in [9.17, 15) is 21.6 Å². The van der Waals surface area contributed by atoms with Gasteiger partial charge < -0.3 is 10.1 Å². The van der Waals surface area contributed by atoms with E-state index in [1.54, 1.807) is 36.4 Å². The van der Waals surface area contributed by atoms with Gasteiger partial charge in [-0.05, 0) is 29.8 Å². The molecule has 0 saturated carbocycles. The van der Waals surface area contributed by atoms with Crippen LogP contribution in [0.5, 0.6) is 0 Å². The zero-order valence-corrected chi connectivity index (χ0v) is 19.0. The monoisotopic (exact) mass is 479 g/mol. The molecule has 32 heavy (non-hydrogen) atoms. The number of rotatable bonds is 9. The maximum atomic E-state index is 13.0. The number of hydrogen-bond acceptors (Lipinski definition) is 6. The second-order valence-electron chi connectivity index (χ2n) is 7.06. The Kier molecular flexibility index (Phi) is 7.80. The number of ether oxygens (including phenoxy) is 1. The van der Waals surface area contributed by atoms with Gasteiger partial charge in [0.2, 0.25) is 20.0 Å². The van der Waals surface area contributed by atoms with Crippen molar-refractivity contribution in [1.29, 1.82) is 0 Å². The molecule has 1 saturated heterocycles. The van der Waals surface area contributed by atoms with Gasteiger partial charge in [0, 0.05) is 25.3 Å². The fraction of sp³-hybridized carbons (Fsp3) is 0.286. The minimum atomic E-state index is -3.85. The Bertz CT molecular complexity index is 1170. The van der Waals surface area contributed by atoms with Crippen LogP contribution in [0.3, 0.4) is 0 Å². The van der Waals surface area contributed by atoms with Crippen LogP contribution < -0.4 is 10.0 Å². The van der Waals surface area contributed by atoms with Gasteiger partial charge in [0.25, 0.3) is 5.91 Å². The molecule has 0 aromatic heterocycles. The zero-order valence-electron chi connectivity index (χ0n) is 17.4. The molecule has 0 unspecified atom stereocenters. The Balaban J connectivity index is 1.75. The molecule has 2 aromatic carbocycles. The highest BCUT2D eigenvalue weighted by Crippen LogP contribution is 2.22. The van der Waals surface area contributed by atoms with Gasteiger partial charge in [-0.15, -0.1) is 6.58 Å². The van der Waals surface area contributed by atoms with Crippen LogP contribution in [0.25, 0.3) is 0 Å². The van der Waals surface area contributed by atoms with Crippen LogP contribution in [0.15, 0.2) is 66.1 Å². The molecule has 1 aliphatic heterocycles. The summed E-state index contributed by atoms with van der Waals surface area (Å²) >= 11 is 0. The fourth-order valence-corrected chi connectivity index (χ4v) is 5.85. The summed E-state index contributed by atoms with van der Waals surface area (Å²) in [7, 11) is -7.35. The number of anilines is 1. The van der Waals surface area contributed by atoms with E-state index in [0.29, 0.717) is 24.5 Å². The van der Waals surface area contributed by atoms with Crippen LogP contribution >= 0.6 is 0 Å². The lowest BCUT2D eigenvalue weighted by Crippen LogP contribution is -2.41. The summed E-state index contributed by atoms with van der Waals surface area (Å²) in [5.74, 6) is -0.791. The molecule has 1 fully saturated rings. The summed E-state index contributed by atoms with van der Waals surface area (Å²) in [5.41, 5.74) is 0.975. The molecule has 0 bridgehead atoms. The molecule has 3 rings (SSSR count). The third-order valence-electron chi connectivity index (χ3n) is 4.74. The van der Waals surface area contributed by atoms with Crippen molar-refractivity contribution in [3.05, 3.63) is 72.3 Å². The average molecular weight is 480 g/mol. The number of sulfonamides is 2. The zero-order chi connectivity index (χ0) is 23.2. The quantitative estimate of drug-likeness (QED) is 0.527. The molecule has 0 radical (unpaired) electrons. The van der Waals surface area contributed by atoms with Crippen LogP contribution in [0.4, 0.5) is 5.69 Å². The van der Waals surface area contributed by atoms with E-state index in [4.69, 9.17) is 4.74 Å². The summed E-state index contributed by atoms with van der Waals surface area (Å²) in [4.78, 5) is 12.8. The molecule has 2 aromatic rings. The van der Waals surface area contributed by atoms with Crippen molar-refractivity contribution in [3.8, 4) is 0 Å². The number of benzene rings is 2. The number of morpholine rings is 1. The predicted molar refractivity (Wildman–Crippen MR) is 121 cm³/mol. The summed E-state index contributed by atoms with van der Waals surface area (Å²) in [6.07, 6.45) is 1.45. The topological polar surface area (TPSA) is 122 Å². The van der Waals surface area contributed by atoms with Crippen LogP contribution in [0, 0.1) is 0 Å². The Morgan fingerprint density at radius 2 is 1.69 bits per heavy atom. The molecule has 1 aliphatic rings. The molecule has 1 heterocycles. The third-order valence-corrected chi connectivity index (χ3v) is 8.01. The fourth-order valence-electron chi connectivity index (χ4n) is 3.14. The summed E-state index contributed by atoms with van der Waals surface area (Å²) in [6.45, 7) is 4.67. The van der Waals surface area contributed by atoms with Crippen LogP contribution in [-0.4, -0.2) is 59.9 Å².